The summed E-state index contributed by atoms with van der Waals surface area (Å²) in [5.41, 5.74) is 3.70. The molecular formula is C19H21N5O5. The van der Waals surface area contributed by atoms with Gasteiger partial charge in [0.15, 0.2) is 6.04 Å². The number of hydrazine groups is 1. The molecule has 10 heteroatoms. The summed E-state index contributed by atoms with van der Waals surface area (Å²) in [6, 6.07) is 13.6. The SMILES string of the molecule is COC(=O)N(NC(=O)c1cccc(NC=NN)c1)[C@@H](Cc1ccccc1)C(=O)O. The van der Waals surface area contributed by atoms with Crippen molar-refractivity contribution in [1.82, 2.24) is 10.4 Å². The van der Waals surface area contributed by atoms with E-state index in [1.165, 1.54) is 18.5 Å². The quantitative estimate of drug-likeness (QED) is 0.238. The maximum Gasteiger partial charge on any atom is 0.429 e. The summed E-state index contributed by atoms with van der Waals surface area (Å²) in [7, 11) is 1.10. The first-order valence-corrected chi connectivity index (χ1v) is 8.49. The first-order valence-electron chi connectivity index (χ1n) is 8.49. The molecule has 10 nitrogen and oxygen atoms in total. The number of amides is 2. The predicted octanol–water partition coefficient (Wildman–Crippen LogP) is 1.41. The lowest BCUT2D eigenvalue weighted by Gasteiger charge is -2.28. The van der Waals surface area contributed by atoms with Crippen molar-refractivity contribution in [1.29, 1.82) is 0 Å². The van der Waals surface area contributed by atoms with E-state index in [0.29, 0.717) is 16.3 Å². The van der Waals surface area contributed by atoms with Gasteiger partial charge in [-0.05, 0) is 23.8 Å². The van der Waals surface area contributed by atoms with Crippen LogP contribution in [0.25, 0.3) is 0 Å². The molecule has 2 amide bonds. The Hall–Kier alpha value is -4.08. The number of carbonyl (C=O) groups is 3. The van der Waals surface area contributed by atoms with Crippen LogP contribution in [0.3, 0.4) is 0 Å². The number of nitrogens with zero attached hydrogens (tertiary/aromatic N) is 2. The molecule has 2 aromatic carbocycles. The molecule has 0 saturated heterocycles. The maximum atomic E-state index is 12.6. The molecule has 29 heavy (non-hydrogen) atoms. The largest absolute Gasteiger partial charge is 0.480 e. The number of carboxylic acid groups (broad SMARTS) is 1. The van der Waals surface area contributed by atoms with Crippen LogP contribution in [0.2, 0.25) is 0 Å². The van der Waals surface area contributed by atoms with E-state index in [1.807, 2.05) is 0 Å². The highest BCUT2D eigenvalue weighted by Gasteiger charge is 2.32. The lowest BCUT2D eigenvalue weighted by molar-refractivity contribution is -0.143. The monoisotopic (exact) mass is 399 g/mol. The number of hydrogen-bond acceptors (Lipinski definition) is 6. The van der Waals surface area contributed by atoms with Gasteiger partial charge in [0.1, 0.15) is 6.34 Å². The molecule has 0 aliphatic carbocycles. The minimum Gasteiger partial charge on any atom is -0.480 e. The highest BCUT2D eigenvalue weighted by molar-refractivity contribution is 5.97. The van der Waals surface area contributed by atoms with Crippen molar-refractivity contribution in [2.45, 2.75) is 12.5 Å². The van der Waals surface area contributed by atoms with E-state index in [4.69, 9.17) is 5.84 Å². The summed E-state index contributed by atoms with van der Waals surface area (Å²) in [5.74, 6) is 3.04. The summed E-state index contributed by atoms with van der Waals surface area (Å²) in [6.07, 6.45) is 0.198. The van der Waals surface area contributed by atoms with E-state index < -0.39 is 24.0 Å². The van der Waals surface area contributed by atoms with Crippen molar-refractivity contribution >= 4 is 30.0 Å². The van der Waals surface area contributed by atoms with E-state index >= 15 is 0 Å². The predicted molar refractivity (Wildman–Crippen MR) is 106 cm³/mol. The topological polar surface area (TPSA) is 146 Å². The van der Waals surface area contributed by atoms with Gasteiger partial charge >= 0.3 is 12.1 Å². The van der Waals surface area contributed by atoms with Crippen molar-refractivity contribution in [3.63, 3.8) is 0 Å². The van der Waals surface area contributed by atoms with Crippen LogP contribution >= 0.6 is 0 Å². The number of hydrogen-bond donors (Lipinski definition) is 4. The van der Waals surface area contributed by atoms with E-state index in [2.05, 4.69) is 20.6 Å². The van der Waals surface area contributed by atoms with Gasteiger partial charge in [0.05, 0.1) is 7.11 Å². The standard InChI is InChI=1S/C19H21N5O5/c1-29-19(28)24(16(18(26)27)10-13-6-3-2-4-7-13)23-17(25)14-8-5-9-15(11-14)21-12-22-20/h2-9,11-12,16H,10,20H2,1H3,(H,21,22)(H,23,25)(H,26,27)/t16-/m0/s1. The molecule has 5 N–H and O–H groups in total. The highest BCUT2D eigenvalue weighted by Crippen LogP contribution is 2.13. The molecule has 0 aliphatic heterocycles. The van der Waals surface area contributed by atoms with Gasteiger partial charge in [-0.3, -0.25) is 10.2 Å². The number of rotatable bonds is 7. The average molecular weight is 399 g/mol. The number of aliphatic carboxylic acids is 1. The molecule has 0 radical (unpaired) electrons. The Bertz CT molecular complexity index is 888. The normalized spacial score (nSPS) is 11.5. The van der Waals surface area contributed by atoms with Crippen LogP contribution in [0.5, 0.6) is 0 Å². The number of carboxylic acids is 1. The lowest BCUT2D eigenvalue weighted by Crippen LogP contribution is -2.55. The van der Waals surface area contributed by atoms with Gasteiger partial charge in [0.2, 0.25) is 0 Å². The number of anilines is 1. The summed E-state index contributed by atoms with van der Waals surface area (Å²) in [4.78, 5) is 36.7. The molecule has 0 heterocycles. The van der Waals surface area contributed by atoms with Crippen molar-refractivity contribution in [3.8, 4) is 0 Å². The zero-order valence-corrected chi connectivity index (χ0v) is 15.6. The van der Waals surface area contributed by atoms with Crippen molar-refractivity contribution in [2.75, 3.05) is 12.4 Å². The molecule has 2 aromatic rings. The number of methoxy groups -OCH3 is 1. The van der Waals surface area contributed by atoms with Gasteiger partial charge in [0.25, 0.3) is 5.91 Å². The average Bonchev–Trinajstić information content (AvgIpc) is 2.74. The van der Waals surface area contributed by atoms with E-state index in [9.17, 15) is 19.5 Å². The van der Waals surface area contributed by atoms with Gasteiger partial charge in [-0.2, -0.15) is 5.10 Å². The van der Waals surface area contributed by atoms with Crippen LogP contribution in [0.1, 0.15) is 15.9 Å². The summed E-state index contributed by atoms with van der Waals surface area (Å²) in [5, 5.41) is 16.4. The number of nitrogens with two attached hydrogens (primary N) is 1. The smallest absolute Gasteiger partial charge is 0.429 e. The van der Waals surface area contributed by atoms with Crippen LogP contribution in [0.4, 0.5) is 10.5 Å². The Labute approximate surface area is 166 Å². The molecule has 0 unspecified atom stereocenters. The van der Waals surface area contributed by atoms with E-state index in [0.717, 1.165) is 7.11 Å². The third kappa shape index (κ3) is 5.96. The van der Waals surface area contributed by atoms with Crippen LogP contribution < -0.4 is 16.6 Å². The van der Waals surface area contributed by atoms with Crippen molar-refractivity contribution in [3.05, 3.63) is 65.7 Å². The van der Waals surface area contributed by atoms with Crippen LogP contribution in [-0.4, -0.2) is 47.6 Å². The lowest BCUT2D eigenvalue weighted by atomic mass is 10.1. The first kappa shape index (κ1) is 21.2. The van der Waals surface area contributed by atoms with Crippen molar-refractivity contribution in [2.24, 2.45) is 10.9 Å². The summed E-state index contributed by atoms with van der Waals surface area (Å²) in [6.45, 7) is 0. The second-order valence-electron chi connectivity index (χ2n) is 5.83. The van der Waals surface area contributed by atoms with Gasteiger partial charge in [-0.15, -0.1) is 0 Å². The molecule has 0 spiro atoms. The van der Waals surface area contributed by atoms with Crippen LogP contribution in [0, 0.1) is 0 Å². The fraction of sp³-hybridized carbons (Fsp3) is 0.158. The van der Waals surface area contributed by atoms with Gasteiger partial charge in [-0.1, -0.05) is 36.4 Å². The Morgan fingerprint density at radius 3 is 2.55 bits per heavy atom. The first-order chi connectivity index (χ1) is 14.0. The second kappa shape index (κ2) is 10.3. The fourth-order valence-electron chi connectivity index (χ4n) is 2.51. The molecule has 0 aromatic heterocycles. The molecule has 0 saturated carbocycles. The molecule has 0 fully saturated rings. The van der Waals surface area contributed by atoms with E-state index in [1.54, 1.807) is 42.5 Å². The Kier molecular flexibility index (Phi) is 7.54. The number of nitrogens with one attached hydrogen (secondary N) is 2. The molecule has 152 valence electrons. The molecular weight excluding hydrogens is 378 g/mol. The van der Waals surface area contributed by atoms with Crippen LogP contribution in [-0.2, 0) is 16.0 Å². The minimum atomic E-state index is -1.38. The fourth-order valence-corrected chi connectivity index (χ4v) is 2.51. The third-order valence-electron chi connectivity index (χ3n) is 3.89. The number of hydrazone groups is 1. The Morgan fingerprint density at radius 1 is 1.21 bits per heavy atom. The minimum absolute atomic E-state index is 0.0277. The Morgan fingerprint density at radius 2 is 1.93 bits per heavy atom. The van der Waals surface area contributed by atoms with Crippen molar-refractivity contribution < 1.29 is 24.2 Å². The zero-order chi connectivity index (χ0) is 21.2. The summed E-state index contributed by atoms with van der Waals surface area (Å²) < 4.78 is 4.66. The molecule has 1 atom stereocenters. The van der Waals surface area contributed by atoms with Gasteiger partial charge < -0.3 is 21.0 Å². The number of carbonyl (C=O) groups excluding carboxylic acids is 2. The Balaban J connectivity index is 2.25. The summed E-state index contributed by atoms with van der Waals surface area (Å²) >= 11 is 0. The second-order valence-corrected chi connectivity index (χ2v) is 5.83. The van der Waals surface area contributed by atoms with Crippen LogP contribution in [0.15, 0.2) is 59.7 Å². The zero-order valence-electron chi connectivity index (χ0n) is 15.6. The number of benzene rings is 2. The molecule has 0 bridgehead atoms. The highest BCUT2D eigenvalue weighted by atomic mass is 16.5. The molecule has 2 rings (SSSR count). The molecule has 0 aliphatic rings. The maximum absolute atomic E-state index is 12.6. The third-order valence-corrected chi connectivity index (χ3v) is 3.89. The van der Waals surface area contributed by atoms with Gasteiger partial charge in [0, 0.05) is 17.7 Å². The number of ether oxygens (including phenoxy) is 1. The van der Waals surface area contributed by atoms with Gasteiger partial charge in [-0.25, -0.2) is 14.6 Å². The van der Waals surface area contributed by atoms with E-state index in [-0.39, 0.29) is 12.0 Å².